The van der Waals surface area contributed by atoms with Crippen LogP contribution in [0.1, 0.15) is 6.92 Å². The zero-order chi connectivity index (χ0) is 46.2. The van der Waals surface area contributed by atoms with Crippen LogP contribution in [0.4, 0.5) is 145 Å². The van der Waals surface area contributed by atoms with Crippen molar-refractivity contribution < 1.29 is 173 Å². The first-order valence-corrected chi connectivity index (χ1v) is 11.4. The van der Waals surface area contributed by atoms with Gasteiger partial charge in [-0.2, -0.15) is 145 Å². The van der Waals surface area contributed by atoms with E-state index in [4.69, 9.17) is 0 Å². The summed E-state index contributed by atoms with van der Waals surface area (Å²) < 4.78 is 441. The summed E-state index contributed by atoms with van der Waals surface area (Å²) in [6, 6.07) is 0. The largest absolute Gasteiger partial charge is 0.453 e. The second-order valence-corrected chi connectivity index (χ2v) is 9.35. The van der Waals surface area contributed by atoms with E-state index in [1.165, 1.54) is 4.74 Å². The quantitative estimate of drug-likeness (QED) is 0.128. The zero-order valence-electron chi connectivity index (χ0n) is 23.9. The lowest BCUT2D eigenvalue weighted by atomic mass is 9.83. The van der Waals surface area contributed by atoms with Crippen molar-refractivity contribution >= 4 is 0 Å². The number of alkyl halides is 33. The van der Waals surface area contributed by atoms with E-state index in [0.717, 1.165) is 18.9 Å². The van der Waals surface area contributed by atoms with Crippen LogP contribution in [0.5, 0.6) is 0 Å². The van der Waals surface area contributed by atoms with Crippen LogP contribution in [0.2, 0.25) is 0 Å². The molecule has 0 saturated heterocycles. The van der Waals surface area contributed by atoms with Gasteiger partial charge < -0.3 is 0 Å². The highest BCUT2D eigenvalue weighted by Gasteiger charge is 2.96. The zero-order valence-corrected chi connectivity index (χ0v) is 23.9. The Kier molecular flexibility index (Phi) is 13.4. The first-order valence-electron chi connectivity index (χ1n) is 11.4. The number of hydrogen-bond donors (Lipinski definition) is 0. The Morgan fingerprint density at radius 2 is 0.321 bits per heavy atom. The van der Waals surface area contributed by atoms with Crippen molar-refractivity contribution in [3.8, 4) is 0 Å². The molecule has 0 aromatic rings. The van der Waals surface area contributed by atoms with E-state index in [1.54, 1.807) is 0 Å². The Morgan fingerprint density at radius 3 is 0.446 bits per heavy atom. The molecule has 338 valence electrons. The van der Waals surface area contributed by atoms with Crippen LogP contribution in [0, 0.1) is 5.41 Å². The molecule has 0 rings (SSSR count). The lowest BCUT2D eigenvalue weighted by molar-refractivity contribution is -0.599. The highest BCUT2D eigenvalue weighted by atomic mass is 19.4. The third-order valence-corrected chi connectivity index (χ3v) is 5.00. The lowest BCUT2D eigenvalue weighted by Gasteiger charge is -2.43. The molecule has 0 aliphatic rings. The first kappa shape index (κ1) is 53.5. The fourth-order valence-electron chi connectivity index (χ4n) is 2.68. The summed E-state index contributed by atoms with van der Waals surface area (Å²) in [7, 11) is 0. The van der Waals surface area contributed by atoms with Gasteiger partial charge in [0.2, 0.25) is 0 Å². The van der Waals surface area contributed by atoms with Gasteiger partial charge in [-0.15, -0.1) is 0 Å². The molecule has 0 aromatic heterocycles. The van der Waals surface area contributed by atoms with Gasteiger partial charge in [-0.25, -0.2) is 28.4 Å². The van der Waals surface area contributed by atoms with Gasteiger partial charge in [-0.1, -0.05) is 0 Å². The first-order chi connectivity index (χ1) is 23.5. The smallest absolute Gasteiger partial charge is 0.248 e. The molecule has 0 spiro atoms. The maximum atomic E-state index is 13.7. The minimum Gasteiger partial charge on any atom is -0.248 e. The fourth-order valence-corrected chi connectivity index (χ4v) is 2.68. The minimum atomic E-state index is -9.12. The predicted octanol–water partition coefficient (Wildman–Crippen LogP) is 10.9. The third kappa shape index (κ3) is 10.00. The molecule has 0 heterocycles. The van der Waals surface area contributed by atoms with Gasteiger partial charge >= 0.3 is 97.2 Å². The van der Waals surface area contributed by atoms with E-state index in [1.807, 2.05) is 4.74 Å². The highest BCUT2D eigenvalue weighted by molar-refractivity contribution is 5.05. The van der Waals surface area contributed by atoms with Crippen LogP contribution in [0.15, 0.2) is 0 Å². The minimum absolute atomic E-state index is 0.794. The fraction of sp³-hybridized carbons (Fsp3) is 1.00. The molecule has 0 aromatic carbocycles. The molecule has 0 amide bonds. The van der Waals surface area contributed by atoms with Gasteiger partial charge in [0.25, 0.3) is 0 Å². The SMILES string of the molecule is CC(F)(F)OC(F)(F)C(F)(F)OC(F)(F)C(F)(F)OC(F)(F)C(F)(F)OC(F)(F)C(F)(F)OC(F)(F)C(F)(F)OC(F)(F)C(C(F)(F)F)(C(F)(F)F)C(F)(F)F. The number of ether oxygens (including phenoxy) is 6. The predicted molar refractivity (Wildman–Crippen MR) is 92.1 cm³/mol. The molecular weight excluding hydrogens is 927 g/mol. The van der Waals surface area contributed by atoms with E-state index in [-0.39, 0.29) is 0 Å². The van der Waals surface area contributed by atoms with Crippen LogP contribution >= 0.6 is 0 Å². The van der Waals surface area contributed by atoms with Gasteiger partial charge in [0.1, 0.15) is 0 Å². The molecule has 0 unspecified atom stereocenters. The van der Waals surface area contributed by atoms with Crippen molar-refractivity contribution in [3.63, 3.8) is 0 Å². The number of rotatable bonds is 18. The maximum absolute atomic E-state index is 13.7. The third-order valence-electron chi connectivity index (χ3n) is 5.00. The summed E-state index contributed by atoms with van der Waals surface area (Å²) in [5.41, 5.74) is -9.12. The number of halogens is 33. The Balaban J connectivity index is 6.72. The topological polar surface area (TPSA) is 55.4 Å². The molecule has 0 aliphatic heterocycles. The van der Waals surface area contributed by atoms with E-state index in [9.17, 15) is 145 Å². The summed E-state index contributed by atoms with van der Waals surface area (Å²) in [5, 5.41) is 0. The standard InChI is InChI=1S/C17H3F33O6/c1-2(18,19)51-8(31,32)9(33,34)53-12(39,40)13(41,42)55-16(47,48)17(49,50)56-15(45,46)14(43,44)54-11(37,38)10(35,36)52-7(29,30)3(4(20,21)22,5(23,24)25)6(26,27)28/h1H3. The molecule has 39 heteroatoms. The van der Waals surface area contributed by atoms with Gasteiger partial charge in [-0.3, -0.25) is 0 Å². The van der Waals surface area contributed by atoms with Crippen molar-refractivity contribution in [1.82, 2.24) is 0 Å². The molecule has 56 heavy (non-hydrogen) atoms. The summed E-state index contributed by atoms with van der Waals surface area (Å²) in [4.78, 5) is 0. The van der Waals surface area contributed by atoms with E-state index in [0.29, 0.717) is 0 Å². The molecule has 0 aliphatic carbocycles. The maximum Gasteiger partial charge on any atom is 0.453 e. The molecule has 0 atom stereocenters. The van der Waals surface area contributed by atoms with Crippen molar-refractivity contribution in [2.75, 3.05) is 0 Å². The van der Waals surface area contributed by atoms with Gasteiger partial charge in [-0.05, 0) is 0 Å². The summed E-state index contributed by atoms with van der Waals surface area (Å²) in [6.45, 7) is -0.920. The summed E-state index contributed by atoms with van der Waals surface area (Å²) in [5.74, 6) is 0. The van der Waals surface area contributed by atoms with Crippen molar-refractivity contribution in [1.29, 1.82) is 0 Å². The Hall–Kier alpha value is -2.55. The average Bonchev–Trinajstić information content (AvgIpc) is 2.75. The van der Waals surface area contributed by atoms with E-state index < -0.39 is 104 Å². The normalized spacial score (nSPS) is 16.8. The Labute approximate surface area is 279 Å². The molecule has 0 saturated carbocycles. The Morgan fingerprint density at radius 1 is 0.196 bits per heavy atom. The molecular formula is C17H3F33O6. The van der Waals surface area contributed by atoms with Crippen LogP contribution in [-0.2, 0) is 28.4 Å². The van der Waals surface area contributed by atoms with Gasteiger partial charge in [0.15, 0.2) is 0 Å². The second-order valence-electron chi connectivity index (χ2n) is 9.35. The molecule has 6 nitrogen and oxygen atoms in total. The average molecular weight is 930 g/mol. The van der Waals surface area contributed by atoms with E-state index in [2.05, 4.69) is 0 Å². The van der Waals surface area contributed by atoms with Crippen molar-refractivity contribution in [3.05, 3.63) is 0 Å². The van der Waals surface area contributed by atoms with Gasteiger partial charge in [0, 0.05) is 6.92 Å². The molecule has 0 radical (unpaired) electrons. The van der Waals surface area contributed by atoms with Crippen LogP contribution in [-0.4, -0.2) is 91.8 Å². The molecule has 0 N–H and O–H groups in total. The highest BCUT2D eigenvalue weighted by Crippen LogP contribution is 2.68. The van der Waals surface area contributed by atoms with Gasteiger partial charge in [0.05, 0.1) is 0 Å². The van der Waals surface area contributed by atoms with Crippen molar-refractivity contribution in [2.24, 2.45) is 5.41 Å². The molecule has 0 fully saturated rings. The number of hydrogen-bond acceptors (Lipinski definition) is 6. The summed E-state index contributed by atoms with van der Waals surface area (Å²) in [6.07, 6.45) is -124. The summed E-state index contributed by atoms with van der Waals surface area (Å²) >= 11 is 0. The lowest BCUT2D eigenvalue weighted by Crippen LogP contribution is -2.71. The van der Waals surface area contributed by atoms with Crippen molar-refractivity contribution in [2.45, 2.75) is 98.8 Å². The Bertz CT molecular complexity index is 1310. The monoisotopic (exact) mass is 930 g/mol. The van der Waals surface area contributed by atoms with Crippen LogP contribution in [0.3, 0.4) is 0 Å². The molecule has 0 bridgehead atoms. The van der Waals surface area contributed by atoms with E-state index >= 15 is 0 Å². The van der Waals surface area contributed by atoms with Crippen LogP contribution in [0.25, 0.3) is 0 Å². The van der Waals surface area contributed by atoms with Crippen LogP contribution < -0.4 is 0 Å². The second kappa shape index (κ2) is 14.0.